The molecule has 1 aromatic heterocycles. The molecule has 3 rings (SSSR count). The molecule has 0 spiro atoms. The summed E-state index contributed by atoms with van der Waals surface area (Å²) in [6.45, 7) is 2.55. The van der Waals surface area contributed by atoms with Gasteiger partial charge in [-0.3, -0.25) is 0 Å². The van der Waals surface area contributed by atoms with E-state index < -0.39 is 0 Å². The fourth-order valence-electron chi connectivity index (χ4n) is 2.52. The summed E-state index contributed by atoms with van der Waals surface area (Å²) >= 11 is 0. The highest BCUT2D eigenvalue weighted by Crippen LogP contribution is 2.30. The molecule has 1 N–H and O–H groups in total. The maximum absolute atomic E-state index is 9.55. The molecule has 0 saturated carbocycles. The Morgan fingerprint density at radius 1 is 1.23 bits per heavy atom. The van der Waals surface area contributed by atoms with Crippen LogP contribution in [0, 0.1) is 23.7 Å². The van der Waals surface area contributed by atoms with Crippen molar-refractivity contribution in [2.45, 2.75) is 6.92 Å². The second kappa shape index (κ2) is 7.92. The van der Waals surface area contributed by atoms with Crippen LogP contribution in [0.15, 0.2) is 42.5 Å². The molecule has 2 aromatic carbocycles. The number of terminal acetylenes is 1. The van der Waals surface area contributed by atoms with E-state index in [0.717, 1.165) is 16.6 Å². The molecule has 0 bridgehead atoms. The molecule has 5 heteroatoms. The van der Waals surface area contributed by atoms with Crippen molar-refractivity contribution in [2.24, 2.45) is 0 Å². The Morgan fingerprint density at radius 2 is 2.08 bits per heavy atom. The lowest BCUT2D eigenvalue weighted by molar-refractivity contribution is 0.299. The number of hydrogen-bond donors (Lipinski definition) is 1. The number of imidazole rings is 1. The largest absolute Gasteiger partial charge is 0.490 e. The van der Waals surface area contributed by atoms with Gasteiger partial charge >= 0.3 is 0 Å². The number of fused-ring (bicyclic) bond motifs is 1. The molecule has 128 valence electrons. The Bertz CT molecular complexity index is 1000. The first kappa shape index (κ1) is 17.1. The molecule has 5 nitrogen and oxygen atoms in total. The van der Waals surface area contributed by atoms with Crippen molar-refractivity contribution < 1.29 is 9.47 Å². The smallest absolute Gasteiger partial charge is 0.162 e. The van der Waals surface area contributed by atoms with Crippen LogP contribution in [0.1, 0.15) is 18.3 Å². The van der Waals surface area contributed by atoms with Gasteiger partial charge in [-0.15, -0.1) is 6.42 Å². The van der Waals surface area contributed by atoms with Gasteiger partial charge in [-0.05, 0) is 42.8 Å². The van der Waals surface area contributed by atoms with Crippen LogP contribution in [0.2, 0.25) is 0 Å². The summed E-state index contributed by atoms with van der Waals surface area (Å²) < 4.78 is 11.1. The second-order valence-electron chi connectivity index (χ2n) is 5.40. The SMILES string of the molecule is C#CCOc1ccc(C=C(C#N)c2nc3ccccc3[nH]2)cc1OCC. The number of aromatic amines is 1. The van der Waals surface area contributed by atoms with Gasteiger partial charge < -0.3 is 14.5 Å². The number of nitrogens with zero attached hydrogens (tertiary/aromatic N) is 2. The predicted molar refractivity (Wildman–Crippen MR) is 102 cm³/mol. The van der Waals surface area contributed by atoms with Crippen LogP contribution in [0.4, 0.5) is 0 Å². The second-order valence-corrected chi connectivity index (χ2v) is 5.40. The number of benzene rings is 2. The van der Waals surface area contributed by atoms with E-state index in [9.17, 15) is 5.26 Å². The van der Waals surface area contributed by atoms with Crippen molar-refractivity contribution >= 4 is 22.7 Å². The number of para-hydroxylation sites is 2. The van der Waals surface area contributed by atoms with Crippen LogP contribution in [-0.2, 0) is 0 Å². The van der Waals surface area contributed by atoms with Gasteiger partial charge in [0.2, 0.25) is 0 Å². The number of rotatable bonds is 6. The highest BCUT2D eigenvalue weighted by atomic mass is 16.5. The zero-order valence-corrected chi connectivity index (χ0v) is 14.3. The zero-order chi connectivity index (χ0) is 18.4. The van der Waals surface area contributed by atoms with Gasteiger partial charge in [0.25, 0.3) is 0 Å². The molecule has 0 aliphatic rings. The number of ether oxygens (including phenoxy) is 2. The number of nitrogens with one attached hydrogen (secondary N) is 1. The predicted octanol–water partition coefficient (Wildman–Crippen LogP) is 4.04. The lowest BCUT2D eigenvalue weighted by atomic mass is 10.1. The lowest BCUT2D eigenvalue weighted by Crippen LogP contribution is -1.99. The molecule has 3 aromatic rings. The molecular weight excluding hydrogens is 326 g/mol. The highest BCUT2D eigenvalue weighted by molar-refractivity contribution is 5.90. The number of H-pyrrole nitrogens is 1. The Labute approximate surface area is 151 Å². The van der Waals surface area contributed by atoms with Crippen LogP contribution < -0.4 is 9.47 Å². The summed E-state index contributed by atoms with van der Waals surface area (Å²) in [5, 5.41) is 9.55. The van der Waals surface area contributed by atoms with Gasteiger partial charge in [-0.25, -0.2) is 4.98 Å². The van der Waals surface area contributed by atoms with Crippen molar-refractivity contribution in [3.05, 3.63) is 53.9 Å². The van der Waals surface area contributed by atoms with Gasteiger partial charge in [0, 0.05) is 0 Å². The van der Waals surface area contributed by atoms with Crippen molar-refractivity contribution in [1.29, 1.82) is 5.26 Å². The minimum atomic E-state index is 0.164. The molecule has 0 aliphatic heterocycles. The Kier molecular flexibility index (Phi) is 5.22. The molecule has 1 heterocycles. The lowest BCUT2D eigenvalue weighted by Gasteiger charge is -2.11. The normalized spacial score (nSPS) is 11.0. The van der Waals surface area contributed by atoms with Crippen molar-refractivity contribution in [2.75, 3.05) is 13.2 Å². The first-order valence-electron chi connectivity index (χ1n) is 8.15. The summed E-state index contributed by atoms with van der Waals surface area (Å²) in [5.41, 5.74) is 2.94. The maximum atomic E-state index is 9.55. The Morgan fingerprint density at radius 3 is 2.81 bits per heavy atom. The van der Waals surface area contributed by atoms with Crippen LogP contribution >= 0.6 is 0 Å². The number of allylic oxidation sites excluding steroid dienone is 1. The molecule has 0 unspecified atom stereocenters. The molecule has 0 saturated heterocycles. The third kappa shape index (κ3) is 3.68. The summed E-state index contributed by atoms with van der Waals surface area (Å²) in [6, 6.07) is 15.3. The molecule has 0 fully saturated rings. The maximum Gasteiger partial charge on any atom is 0.162 e. The fourth-order valence-corrected chi connectivity index (χ4v) is 2.52. The first-order chi connectivity index (χ1) is 12.7. The first-order valence-corrected chi connectivity index (χ1v) is 8.15. The fraction of sp³-hybridized carbons (Fsp3) is 0.143. The molecule has 0 radical (unpaired) electrons. The van der Waals surface area contributed by atoms with Gasteiger partial charge in [0.15, 0.2) is 11.5 Å². The third-order valence-electron chi connectivity index (χ3n) is 3.65. The van der Waals surface area contributed by atoms with E-state index in [2.05, 4.69) is 22.0 Å². The van der Waals surface area contributed by atoms with Crippen LogP contribution in [0.25, 0.3) is 22.7 Å². The highest BCUT2D eigenvalue weighted by Gasteiger charge is 2.10. The Balaban J connectivity index is 1.97. The van der Waals surface area contributed by atoms with E-state index >= 15 is 0 Å². The zero-order valence-electron chi connectivity index (χ0n) is 14.3. The standard InChI is InChI=1S/C21H17N3O2/c1-3-11-26-19-10-9-15(13-20(19)25-4-2)12-16(14-22)21-23-17-7-5-6-8-18(17)24-21/h1,5-10,12-13H,4,11H2,2H3,(H,23,24). The molecular formula is C21H17N3O2. The van der Waals surface area contributed by atoms with E-state index in [1.807, 2.05) is 43.3 Å². The monoisotopic (exact) mass is 343 g/mol. The topological polar surface area (TPSA) is 70.9 Å². The summed E-state index contributed by atoms with van der Waals surface area (Å²) in [6.07, 6.45) is 6.99. The third-order valence-corrected chi connectivity index (χ3v) is 3.65. The Hall–Kier alpha value is -3.70. The van der Waals surface area contributed by atoms with Gasteiger partial charge in [0.1, 0.15) is 18.5 Å². The average Bonchev–Trinajstić information content (AvgIpc) is 3.09. The average molecular weight is 343 g/mol. The minimum absolute atomic E-state index is 0.164. The quantitative estimate of drug-likeness (QED) is 0.542. The summed E-state index contributed by atoms with van der Waals surface area (Å²) in [5.74, 6) is 4.11. The number of nitriles is 1. The van der Waals surface area contributed by atoms with E-state index in [1.165, 1.54) is 0 Å². The van der Waals surface area contributed by atoms with E-state index in [1.54, 1.807) is 12.1 Å². The summed E-state index contributed by atoms with van der Waals surface area (Å²) in [4.78, 5) is 7.64. The van der Waals surface area contributed by atoms with E-state index in [4.69, 9.17) is 15.9 Å². The van der Waals surface area contributed by atoms with Crippen LogP contribution in [0.3, 0.4) is 0 Å². The minimum Gasteiger partial charge on any atom is -0.490 e. The van der Waals surface area contributed by atoms with Gasteiger partial charge in [-0.2, -0.15) is 5.26 Å². The summed E-state index contributed by atoms with van der Waals surface area (Å²) in [7, 11) is 0. The van der Waals surface area contributed by atoms with E-state index in [-0.39, 0.29) is 6.61 Å². The van der Waals surface area contributed by atoms with Gasteiger partial charge in [0.05, 0.1) is 23.2 Å². The number of hydrogen-bond acceptors (Lipinski definition) is 4. The van der Waals surface area contributed by atoms with E-state index in [0.29, 0.717) is 29.5 Å². The molecule has 0 amide bonds. The van der Waals surface area contributed by atoms with Crippen molar-refractivity contribution in [3.8, 4) is 29.9 Å². The van der Waals surface area contributed by atoms with Gasteiger partial charge in [-0.1, -0.05) is 24.1 Å². The number of aromatic nitrogens is 2. The molecule has 0 atom stereocenters. The van der Waals surface area contributed by atoms with Crippen LogP contribution in [0.5, 0.6) is 11.5 Å². The van der Waals surface area contributed by atoms with Crippen molar-refractivity contribution in [1.82, 2.24) is 9.97 Å². The van der Waals surface area contributed by atoms with Crippen molar-refractivity contribution in [3.63, 3.8) is 0 Å². The van der Waals surface area contributed by atoms with Crippen LogP contribution in [-0.4, -0.2) is 23.2 Å². The molecule has 0 aliphatic carbocycles. The molecule has 26 heavy (non-hydrogen) atoms.